The molecule has 0 fully saturated rings. The first kappa shape index (κ1) is 15.3. The molecule has 1 aromatic rings. The van der Waals surface area contributed by atoms with Crippen molar-refractivity contribution in [3.05, 3.63) is 38.9 Å². The lowest BCUT2D eigenvalue weighted by atomic mass is 10.2. The van der Waals surface area contributed by atoms with Crippen molar-refractivity contribution in [2.45, 2.75) is 0 Å². The molecule has 1 rings (SSSR count). The number of nitro groups is 1. The van der Waals surface area contributed by atoms with Crippen molar-refractivity contribution in [3.8, 4) is 0 Å². The maximum Gasteiger partial charge on any atom is 0.270 e. The smallest absolute Gasteiger partial charge is 0.270 e. The van der Waals surface area contributed by atoms with E-state index in [9.17, 15) is 23.3 Å². The lowest BCUT2D eigenvalue weighted by Crippen LogP contribution is -2.31. The second kappa shape index (κ2) is 5.95. The molecule has 1 aromatic carbocycles. The Kier molecular flexibility index (Phi) is 4.81. The predicted molar refractivity (Wildman–Crippen MR) is 68.4 cm³/mol. The number of primary sulfonamides is 1. The minimum Gasteiger partial charge on any atom is -0.351 e. The number of nitro benzene ring substituents is 1. The third kappa shape index (κ3) is 4.81. The number of carbonyl (C=O) groups is 1. The topological polar surface area (TPSA) is 132 Å². The van der Waals surface area contributed by atoms with Crippen molar-refractivity contribution in [2.24, 2.45) is 5.14 Å². The Hall–Kier alpha value is -1.71. The van der Waals surface area contributed by atoms with Gasteiger partial charge >= 0.3 is 0 Å². The first-order valence-corrected chi connectivity index (χ1v) is 7.02. The van der Waals surface area contributed by atoms with Crippen LogP contribution in [-0.4, -0.2) is 31.5 Å². The Morgan fingerprint density at radius 3 is 2.63 bits per heavy atom. The Balaban J connectivity index is 2.82. The fourth-order valence-corrected chi connectivity index (χ4v) is 1.79. The Bertz CT molecular complexity index is 616. The number of nitrogens with one attached hydrogen (secondary N) is 1. The summed E-state index contributed by atoms with van der Waals surface area (Å²) in [4.78, 5) is 21.6. The molecule has 0 unspecified atom stereocenters. The summed E-state index contributed by atoms with van der Waals surface area (Å²) in [6.07, 6.45) is 0. The lowest BCUT2D eigenvalue weighted by Gasteiger charge is -2.05. The minimum atomic E-state index is -3.69. The number of sulfonamides is 1. The summed E-state index contributed by atoms with van der Waals surface area (Å²) in [5.41, 5.74) is -0.397. The summed E-state index contributed by atoms with van der Waals surface area (Å²) < 4.78 is 21.3. The third-order valence-electron chi connectivity index (χ3n) is 2.08. The van der Waals surface area contributed by atoms with Crippen LogP contribution in [-0.2, 0) is 10.0 Å². The van der Waals surface area contributed by atoms with Crippen LogP contribution < -0.4 is 10.5 Å². The molecule has 0 aliphatic rings. The quantitative estimate of drug-likeness (QED) is 0.595. The van der Waals surface area contributed by atoms with Crippen LogP contribution in [0.15, 0.2) is 18.2 Å². The number of nitrogens with zero attached hydrogens (tertiary/aromatic N) is 1. The summed E-state index contributed by atoms with van der Waals surface area (Å²) in [7, 11) is -3.69. The summed E-state index contributed by atoms with van der Waals surface area (Å²) >= 11 is 5.74. The molecule has 1 amide bonds. The SMILES string of the molecule is NS(=O)(=O)CCNC(=O)c1cc([N+](=O)[O-])ccc1Cl. The van der Waals surface area contributed by atoms with Gasteiger partial charge in [-0.1, -0.05) is 11.6 Å². The van der Waals surface area contributed by atoms with Crippen molar-refractivity contribution in [3.63, 3.8) is 0 Å². The number of halogens is 1. The summed E-state index contributed by atoms with van der Waals surface area (Å²) in [5, 5.41) is 17.6. The molecular formula is C9H10ClN3O5S. The van der Waals surface area contributed by atoms with Crippen LogP contribution in [0.3, 0.4) is 0 Å². The Morgan fingerprint density at radius 1 is 1.47 bits per heavy atom. The molecule has 0 bridgehead atoms. The molecule has 0 atom stereocenters. The van der Waals surface area contributed by atoms with Crippen LogP contribution in [0.4, 0.5) is 5.69 Å². The van der Waals surface area contributed by atoms with Crippen LogP contribution in [0.5, 0.6) is 0 Å². The van der Waals surface area contributed by atoms with Gasteiger partial charge in [-0.15, -0.1) is 0 Å². The lowest BCUT2D eigenvalue weighted by molar-refractivity contribution is -0.384. The molecule has 3 N–H and O–H groups in total. The van der Waals surface area contributed by atoms with Crippen LogP contribution >= 0.6 is 11.6 Å². The highest BCUT2D eigenvalue weighted by atomic mass is 35.5. The van der Waals surface area contributed by atoms with Crippen molar-refractivity contribution >= 4 is 33.2 Å². The average molecular weight is 308 g/mol. The number of nitrogens with two attached hydrogens (primary N) is 1. The maximum atomic E-state index is 11.7. The van der Waals surface area contributed by atoms with Gasteiger partial charge in [0.25, 0.3) is 11.6 Å². The average Bonchev–Trinajstić information content (AvgIpc) is 2.27. The Labute approximate surface area is 113 Å². The van der Waals surface area contributed by atoms with E-state index in [-0.39, 0.29) is 22.8 Å². The predicted octanol–water partition coefficient (Wildman–Crippen LogP) is 0.267. The second-order valence-corrected chi connectivity index (χ2v) is 5.69. The van der Waals surface area contributed by atoms with Crippen molar-refractivity contribution in [1.29, 1.82) is 0 Å². The van der Waals surface area contributed by atoms with Crippen molar-refractivity contribution < 1.29 is 18.1 Å². The van der Waals surface area contributed by atoms with Gasteiger partial charge in [0.05, 0.1) is 21.3 Å². The molecule has 0 saturated heterocycles. The van der Waals surface area contributed by atoms with Gasteiger partial charge in [-0.2, -0.15) is 0 Å². The van der Waals surface area contributed by atoms with Gasteiger partial charge in [-0.05, 0) is 6.07 Å². The van der Waals surface area contributed by atoms with E-state index in [1.54, 1.807) is 0 Å². The molecule has 0 aromatic heterocycles. The van der Waals surface area contributed by atoms with Gasteiger partial charge in [0.15, 0.2) is 0 Å². The molecule has 0 spiro atoms. The number of hydrogen-bond donors (Lipinski definition) is 2. The summed E-state index contributed by atoms with van der Waals surface area (Å²) in [5.74, 6) is -1.15. The fourth-order valence-electron chi connectivity index (χ4n) is 1.20. The number of benzene rings is 1. The molecule has 8 nitrogen and oxygen atoms in total. The number of amides is 1. The van der Waals surface area contributed by atoms with Crippen molar-refractivity contribution in [2.75, 3.05) is 12.3 Å². The fraction of sp³-hybridized carbons (Fsp3) is 0.222. The van der Waals surface area contributed by atoms with E-state index in [2.05, 4.69) is 5.32 Å². The monoisotopic (exact) mass is 307 g/mol. The zero-order valence-corrected chi connectivity index (χ0v) is 11.1. The van der Waals surface area contributed by atoms with E-state index in [1.807, 2.05) is 0 Å². The van der Waals surface area contributed by atoms with E-state index < -0.39 is 26.6 Å². The van der Waals surface area contributed by atoms with Crippen LogP contribution in [0.2, 0.25) is 5.02 Å². The van der Waals surface area contributed by atoms with E-state index in [1.165, 1.54) is 6.07 Å². The highest BCUT2D eigenvalue weighted by Crippen LogP contribution is 2.21. The zero-order chi connectivity index (χ0) is 14.6. The van der Waals surface area contributed by atoms with Gasteiger partial charge in [0, 0.05) is 18.7 Å². The van der Waals surface area contributed by atoms with Gasteiger partial charge in [0.2, 0.25) is 10.0 Å². The molecule has 0 heterocycles. The molecule has 0 saturated carbocycles. The number of non-ortho nitro benzene ring substituents is 1. The molecule has 0 aliphatic carbocycles. The third-order valence-corrected chi connectivity index (χ3v) is 3.18. The molecule has 10 heteroatoms. The molecule has 0 radical (unpaired) electrons. The zero-order valence-electron chi connectivity index (χ0n) is 9.50. The number of hydrogen-bond acceptors (Lipinski definition) is 5. The van der Waals surface area contributed by atoms with Crippen molar-refractivity contribution in [1.82, 2.24) is 5.32 Å². The Morgan fingerprint density at radius 2 is 2.11 bits per heavy atom. The molecule has 104 valence electrons. The largest absolute Gasteiger partial charge is 0.351 e. The highest BCUT2D eigenvalue weighted by molar-refractivity contribution is 7.89. The van der Waals surface area contributed by atoms with E-state index in [4.69, 9.17) is 16.7 Å². The van der Waals surface area contributed by atoms with Crippen LogP contribution in [0.1, 0.15) is 10.4 Å². The van der Waals surface area contributed by atoms with Gasteiger partial charge < -0.3 is 5.32 Å². The van der Waals surface area contributed by atoms with E-state index >= 15 is 0 Å². The van der Waals surface area contributed by atoms with Gasteiger partial charge in [-0.3, -0.25) is 14.9 Å². The summed E-state index contributed by atoms with van der Waals surface area (Å²) in [6.45, 7) is -0.212. The van der Waals surface area contributed by atoms with Crippen LogP contribution in [0.25, 0.3) is 0 Å². The standard InChI is InChI=1S/C9H10ClN3O5S/c10-8-2-1-6(13(15)16)5-7(8)9(14)12-3-4-19(11,17)18/h1-2,5H,3-4H2,(H,12,14)(H2,11,17,18). The molecular weight excluding hydrogens is 298 g/mol. The van der Waals surface area contributed by atoms with Crippen LogP contribution in [0, 0.1) is 10.1 Å². The van der Waals surface area contributed by atoms with Gasteiger partial charge in [-0.25, -0.2) is 13.6 Å². The second-order valence-electron chi connectivity index (χ2n) is 3.54. The maximum absolute atomic E-state index is 11.7. The first-order chi connectivity index (χ1) is 8.70. The minimum absolute atomic E-state index is 0.0266. The van der Waals surface area contributed by atoms with E-state index in [0.717, 1.165) is 12.1 Å². The number of rotatable bonds is 5. The summed E-state index contributed by atoms with van der Waals surface area (Å²) in [6, 6.07) is 3.38. The highest BCUT2D eigenvalue weighted by Gasteiger charge is 2.16. The van der Waals surface area contributed by atoms with Gasteiger partial charge in [0.1, 0.15) is 0 Å². The first-order valence-electron chi connectivity index (χ1n) is 4.93. The number of carbonyl (C=O) groups excluding carboxylic acids is 1. The molecule has 19 heavy (non-hydrogen) atoms. The normalized spacial score (nSPS) is 11.1. The van der Waals surface area contributed by atoms with E-state index in [0.29, 0.717) is 0 Å². The molecule has 0 aliphatic heterocycles.